The number of hydrogen-bond donors (Lipinski definition) is 0. The first-order valence-electron chi connectivity index (χ1n) is 6.67. The van der Waals surface area contributed by atoms with Crippen LogP contribution in [0.2, 0.25) is 5.02 Å². The molecule has 19 heavy (non-hydrogen) atoms. The third-order valence-corrected chi connectivity index (χ3v) is 6.32. The standard InChI is InChI=1S/C15H19ClO2S/c1-2-15(12-6-4-3-5-7-12)19(17,18)14-10-8-13(16)9-11-14/h2,8-12,15H,1,3-7H2/t15-/m0/s1. The lowest BCUT2D eigenvalue weighted by Crippen LogP contribution is -2.29. The molecule has 2 nitrogen and oxygen atoms in total. The molecule has 0 aliphatic heterocycles. The van der Waals surface area contributed by atoms with Gasteiger partial charge in [0.1, 0.15) is 0 Å². The highest BCUT2D eigenvalue weighted by molar-refractivity contribution is 7.92. The Balaban J connectivity index is 2.30. The van der Waals surface area contributed by atoms with E-state index in [1.54, 1.807) is 30.3 Å². The molecule has 2 rings (SSSR count). The van der Waals surface area contributed by atoms with Gasteiger partial charge < -0.3 is 0 Å². The zero-order chi connectivity index (χ0) is 13.9. The summed E-state index contributed by atoms with van der Waals surface area (Å²) in [4.78, 5) is 0.340. The summed E-state index contributed by atoms with van der Waals surface area (Å²) in [7, 11) is -3.34. The third kappa shape index (κ3) is 3.21. The summed E-state index contributed by atoms with van der Waals surface area (Å²) in [6.07, 6.45) is 6.99. The van der Waals surface area contributed by atoms with Gasteiger partial charge >= 0.3 is 0 Å². The van der Waals surface area contributed by atoms with Crippen molar-refractivity contribution < 1.29 is 8.42 Å². The Morgan fingerprint density at radius 2 is 1.74 bits per heavy atom. The summed E-state index contributed by atoms with van der Waals surface area (Å²) in [6, 6.07) is 6.40. The van der Waals surface area contributed by atoms with E-state index in [1.165, 1.54) is 6.42 Å². The molecule has 1 aliphatic carbocycles. The number of rotatable bonds is 4. The predicted molar refractivity (Wildman–Crippen MR) is 79.2 cm³/mol. The van der Waals surface area contributed by atoms with Crippen LogP contribution in [0, 0.1) is 5.92 Å². The van der Waals surface area contributed by atoms with E-state index >= 15 is 0 Å². The second-order valence-electron chi connectivity index (χ2n) is 5.10. The largest absolute Gasteiger partial charge is 0.223 e. The number of halogens is 1. The summed E-state index contributed by atoms with van der Waals surface area (Å²) >= 11 is 5.81. The Kier molecular flexibility index (Phi) is 4.69. The SMILES string of the molecule is C=C[C@@H](C1CCCCC1)S(=O)(=O)c1ccc(Cl)cc1. The average molecular weight is 299 g/mol. The molecular weight excluding hydrogens is 280 g/mol. The van der Waals surface area contributed by atoms with Crippen molar-refractivity contribution in [3.8, 4) is 0 Å². The Labute approximate surface area is 120 Å². The molecule has 0 N–H and O–H groups in total. The number of sulfone groups is 1. The average Bonchev–Trinajstić information content (AvgIpc) is 2.41. The maximum Gasteiger partial charge on any atom is 0.185 e. The molecule has 4 heteroatoms. The van der Waals surface area contributed by atoms with Crippen LogP contribution in [-0.4, -0.2) is 13.7 Å². The molecule has 0 amide bonds. The molecule has 1 fully saturated rings. The van der Waals surface area contributed by atoms with Gasteiger partial charge in [0.25, 0.3) is 0 Å². The van der Waals surface area contributed by atoms with E-state index in [1.807, 2.05) is 0 Å². The monoisotopic (exact) mass is 298 g/mol. The smallest absolute Gasteiger partial charge is 0.185 e. The van der Waals surface area contributed by atoms with Crippen molar-refractivity contribution in [3.63, 3.8) is 0 Å². The molecule has 0 unspecified atom stereocenters. The van der Waals surface area contributed by atoms with E-state index in [4.69, 9.17) is 11.6 Å². The number of benzene rings is 1. The minimum absolute atomic E-state index is 0.201. The predicted octanol–water partition coefficient (Wildman–Crippen LogP) is 4.25. The van der Waals surface area contributed by atoms with Crippen LogP contribution in [0.5, 0.6) is 0 Å². The van der Waals surface area contributed by atoms with Gasteiger partial charge in [0.2, 0.25) is 0 Å². The van der Waals surface area contributed by atoms with Crippen molar-refractivity contribution in [2.24, 2.45) is 5.92 Å². The zero-order valence-corrected chi connectivity index (χ0v) is 12.5. The molecule has 1 aliphatic rings. The van der Waals surface area contributed by atoms with Crippen LogP contribution in [0.1, 0.15) is 32.1 Å². The van der Waals surface area contributed by atoms with Crippen molar-refractivity contribution >= 4 is 21.4 Å². The molecule has 0 aromatic heterocycles. The van der Waals surface area contributed by atoms with Gasteiger partial charge in [-0.3, -0.25) is 0 Å². The molecule has 0 spiro atoms. The van der Waals surface area contributed by atoms with E-state index in [0.717, 1.165) is 25.7 Å². The van der Waals surface area contributed by atoms with E-state index in [2.05, 4.69) is 6.58 Å². The first-order chi connectivity index (χ1) is 9.05. The quantitative estimate of drug-likeness (QED) is 0.779. The maximum absolute atomic E-state index is 12.7. The van der Waals surface area contributed by atoms with E-state index < -0.39 is 15.1 Å². The van der Waals surface area contributed by atoms with Crippen LogP contribution in [0.3, 0.4) is 0 Å². The van der Waals surface area contributed by atoms with Gasteiger partial charge in [-0.15, -0.1) is 6.58 Å². The molecule has 0 radical (unpaired) electrons. The molecule has 1 saturated carbocycles. The minimum atomic E-state index is -3.34. The normalized spacial score (nSPS) is 19.0. The second kappa shape index (κ2) is 6.10. The molecule has 1 aromatic carbocycles. The lowest BCUT2D eigenvalue weighted by Gasteiger charge is -2.27. The van der Waals surface area contributed by atoms with Crippen LogP contribution in [0.4, 0.5) is 0 Å². The molecular formula is C15H19ClO2S. The fourth-order valence-electron chi connectivity index (χ4n) is 2.82. The second-order valence-corrected chi connectivity index (χ2v) is 7.64. The first-order valence-corrected chi connectivity index (χ1v) is 8.60. The third-order valence-electron chi connectivity index (χ3n) is 3.85. The Morgan fingerprint density at radius 3 is 2.26 bits per heavy atom. The van der Waals surface area contributed by atoms with E-state index in [0.29, 0.717) is 9.92 Å². The Morgan fingerprint density at radius 1 is 1.16 bits per heavy atom. The van der Waals surface area contributed by atoms with Gasteiger partial charge in [0, 0.05) is 5.02 Å². The van der Waals surface area contributed by atoms with Crippen molar-refractivity contribution in [1.29, 1.82) is 0 Å². The summed E-state index contributed by atoms with van der Waals surface area (Å²) in [6.45, 7) is 3.74. The van der Waals surface area contributed by atoms with Crippen molar-refractivity contribution in [2.45, 2.75) is 42.2 Å². The van der Waals surface area contributed by atoms with Crippen LogP contribution in [-0.2, 0) is 9.84 Å². The highest BCUT2D eigenvalue weighted by Gasteiger charge is 2.32. The molecule has 0 bridgehead atoms. The van der Waals surface area contributed by atoms with Crippen LogP contribution in [0.15, 0.2) is 41.8 Å². The molecule has 0 saturated heterocycles. The van der Waals surface area contributed by atoms with E-state index in [9.17, 15) is 8.42 Å². The van der Waals surface area contributed by atoms with Gasteiger partial charge in [0.05, 0.1) is 10.1 Å². The lowest BCUT2D eigenvalue weighted by molar-refractivity contribution is 0.360. The first kappa shape index (κ1) is 14.6. The highest BCUT2D eigenvalue weighted by atomic mass is 35.5. The van der Waals surface area contributed by atoms with Crippen LogP contribution >= 0.6 is 11.6 Å². The summed E-state index contributed by atoms with van der Waals surface area (Å²) in [5, 5.41) is 0.0701. The van der Waals surface area contributed by atoms with Crippen LogP contribution in [0.25, 0.3) is 0 Å². The van der Waals surface area contributed by atoms with Gasteiger partial charge in [0.15, 0.2) is 9.84 Å². The fourth-order valence-corrected chi connectivity index (χ4v) is 4.80. The van der Waals surface area contributed by atoms with Gasteiger partial charge in [-0.1, -0.05) is 36.9 Å². The van der Waals surface area contributed by atoms with Gasteiger partial charge in [-0.05, 0) is 43.0 Å². The molecule has 1 aromatic rings. The van der Waals surface area contributed by atoms with Crippen molar-refractivity contribution in [3.05, 3.63) is 41.9 Å². The van der Waals surface area contributed by atoms with Gasteiger partial charge in [-0.25, -0.2) is 8.42 Å². The minimum Gasteiger partial charge on any atom is -0.223 e. The Bertz CT molecular complexity index is 528. The van der Waals surface area contributed by atoms with Gasteiger partial charge in [-0.2, -0.15) is 0 Å². The highest BCUT2D eigenvalue weighted by Crippen LogP contribution is 2.33. The summed E-state index contributed by atoms with van der Waals surface area (Å²) < 4.78 is 25.3. The molecule has 1 atom stereocenters. The Hall–Kier alpha value is -0.800. The van der Waals surface area contributed by atoms with Crippen molar-refractivity contribution in [1.82, 2.24) is 0 Å². The maximum atomic E-state index is 12.7. The fraction of sp³-hybridized carbons (Fsp3) is 0.467. The summed E-state index contributed by atoms with van der Waals surface area (Å²) in [5.74, 6) is 0.201. The molecule has 104 valence electrons. The summed E-state index contributed by atoms with van der Waals surface area (Å²) in [5.41, 5.74) is 0. The zero-order valence-electron chi connectivity index (χ0n) is 10.9. The lowest BCUT2D eigenvalue weighted by atomic mass is 9.87. The topological polar surface area (TPSA) is 34.1 Å². The van der Waals surface area contributed by atoms with Crippen molar-refractivity contribution in [2.75, 3.05) is 0 Å². The number of hydrogen-bond acceptors (Lipinski definition) is 2. The molecule has 0 heterocycles. The van der Waals surface area contributed by atoms with E-state index in [-0.39, 0.29) is 5.92 Å². The van der Waals surface area contributed by atoms with Crippen LogP contribution < -0.4 is 0 Å².